The van der Waals surface area contributed by atoms with Crippen LogP contribution in [0.1, 0.15) is 45.4 Å². The first-order valence-corrected chi connectivity index (χ1v) is 10.3. The SMILES string of the molecule is CCCC(=O)N1CCN(c2cc(N3CCCCCC3)c(F)cc2[N+](=O)[O-])CC1. The van der Waals surface area contributed by atoms with Gasteiger partial charge in [-0.3, -0.25) is 14.9 Å². The number of carbonyl (C=O) groups excluding carboxylic acids is 1. The van der Waals surface area contributed by atoms with Gasteiger partial charge in [-0.1, -0.05) is 19.8 Å². The first kappa shape index (κ1) is 20.4. The van der Waals surface area contributed by atoms with Crippen LogP contribution in [-0.4, -0.2) is 55.0 Å². The van der Waals surface area contributed by atoms with Crippen molar-refractivity contribution in [3.8, 4) is 0 Å². The average Bonchev–Trinajstić information content (AvgIpc) is 2.97. The van der Waals surface area contributed by atoms with E-state index in [9.17, 15) is 19.3 Å². The zero-order valence-corrected chi connectivity index (χ0v) is 16.5. The van der Waals surface area contributed by atoms with Crippen molar-refractivity contribution in [3.63, 3.8) is 0 Å². The molecule has 2 saturated heterocycles. The summed E-state index contributed by atoms with van der Waals surface area (Å²) < 4.78 is 14.7. The highest BCUT2D eigenvalue weighted by atomic mass is 19.1. The van der Waals surface area contributed by atoms with Crippen molar-refractivity contribution in [1.29, 1.82) is 0 Å². The molecule has 1 aromatic rings. The van der Waals surface area contributed by atoms with E-state index in [0.29, 0.717) is 44.0 Å². The molecule has 0 aromatic heterocycles. The van der Waals surface area contributed by atoms with E-state index in [-0.39, 0.29) is 11.6 Å². The molecule has 1 aromatic carbocycles. The number of piperazine rings is 1. The molecule has 1 amide bonds. The summed E-state index contributed by atoms with van der Waals surface area (Å²) in [4.78, 5) is 28.9. The van der Waals surface area contributed by atoms with Gasteiger partial charge in [0.15, 0.2) is 5.82 Å². The molecule has 0 aliphatic carbocycles. The molecule has 0 spiro atoms. The van der Waals surface area contributed by atoms with E-state index in [1.54, 1.807) is 6.07 Å². The maximum atomic E-state index is 14.7. The molecule has 0 N–H and O–H groups in total. The summed E-state index contributed by atoms with van der Waals surface area (Å²) >= 11 is 0. The standard InChI is InChI=1S/C20H29FN4O3/c1-2-7-20(26)24-12-10-23(11-13-24)18-15-17(16(21)14-19(18)25(27)28)22-8-5-3-4-6-9-22/h14-15H,2-13H2,1H3. The van der Waals surface area contributed by atoms with E-state index in [4.69, 9.17) is 0 Å². The van der Waals surface area contributed by atoms with Crippen LogP contribution < -0.4 is 9.80 Å². The van der Waals surface area contributed by atoms with Crippen LogP contribution in [0, 0.1) is 15.9 Å². The number of rotatable bonds is 5. The lowest BCUT2D eigenvalue weighted by molar-refractivity contribution is -0.384. The van der Waals surface area contributed by atoms with Crippen LogP contribution in [0.5, 0.6) is 0 Å². The first-order chi connectivity index (χ1) is 13.5. The minimum absolute atomic E-state index is 0.126. The third-order valence-electron chi connectivity index (χ3n) is 5.62. The van der Waals surface area contributed by atoms with Crippen molar-refractivity contribution >= 4 is 23.0 Å². The largest absolute Gasteiger partial charge is 0.369 e. The van der Waals surface area contributed by atoms with Crippen LogP contribution in [0.25, 0.3) is 0 Å². The normalized spacial score (nSPS) is 18.1. The molecule has 0 saturated carbocycles. The molecule has 3 rings (SSSR count). The topological polar surface area (TPSA) is 69.9 Å². The Morgan fingerprint density at radius 1 is 1.00 bits per heavy atom. The lowest BCUT2D eigenvalue weighted by Gasteiger charge is -2.36. The lowest BCUT2D eigenvalue weighted by atomic mass is 10.1. The van der Waals surface area contributed by atoms with Crippen LogP contribution >= 0.6 is 0 Å². The Balaban J connectivity index is 1.84. The minimum Gasteiger partial charge on any atom is -0.369 e. The van der Waals surface area contributed by atoms with Crippen molar-refractivity contribution < 1.29 is 14.1 Å². The summed E-state index contributed by atoms with van der Waals surface area (Å²) in [6, 6.07) is 2.70. The minimum atomic E-state index is -0.533. The Morgan fingerprint density at radius 3 is 2.18 bits per heavy atom. The summed E-state index contributed by atoms with van der Waals surface area (Å²) in [6.45, 7) is 5.61. The number of nitrogens with zero attached hydrogens (tertiary/aromatic N) is 4. The third-order valence-corrected chi connectivity index (χ3v) is 5.62. The summed E-state index contributed by atoms with van der Waals surface area (Å²) in [5.74, 6) is -0.407. The predicted octanol–water partition coefficient (Wildman–Crippen LogP) is 3.56. The molecule has 28 heavy (non-hydrogen) atoms. The van der Waals surface area contributed by atoms with Crippen LogP contribution in [0.2, 0.25) is 0 Å². The highest BCUT2D eigenvalue weighted by Gasteiger charge is 2.28. The molecular weight excluding hydrogens is 363 g/mol. The van der Waals surface area contributed by atoms with Gasteiger partial charge in [0, 0.05) is 45.7 Å². The van der Waals surface area contributed by atoms with Gasteiger partial charge >= 0.3 is 0 Å². The van der Waals surface area contributed by atoms with E-state index in [0.717, 1.165) is 51.3 Å². The van der Waals surface area contributed by atoms with Gasteiger partial charge < -0.3 is 14.7 Å². The molecule has 0 atom stereocenters. The molecule has 0 unspecified atom stereocenters. The Morgan fingerprint density at radius 2 is 1.61 bits per heavy atom. The zero-order chi connectivity index (χ0) is 20.1. The molecule has 8 heteroatoms. The quantitative estimate of drug-likeness (QED) is 0.566. The van der Waals surface area contributed by atoms with Gasteiger partial charge in [0.05, 0.1) is 16.7 Å². The number of hydrogen-bond acceptors (Lipinski definition) is 5. The Kier molecular flexibility index (Phi) is 6.70. The molecule has 0 radical (unpaired) electrons. The zero-order valence-electron chi connectivity index (χ0n) is 16.5. The fourth-order valence-corrected chi connectivity index (χ4v) is 4.06. The van der Waals surface area contributed by atoms with Crippen molar-refractivity contribution in [2.75, 3.05) is 49.1 Å². The molecule has 2 aliphatic heterocycles. The predicted molar refractivity (Wildman–Crippen MR) is 107 cm³/mol. The molecule has 7 nitrogen and oxygen atoms in total. The lowest BCUT2D eigenvalue weighted by Crippen LogP contribution is -2.49. The molecule has 2 fully saturated rings. The van der Waals surface area contributed by atoms with Crippen LogP contribution in [0.15, 0.2) is 12.1 Å². The maximum Gasteiger partial charge on any atom is 0.295 e. The number of anilines is 2. The average molecular weight is 392 g/mol. The number of nitro groups is 1. The van der Waals surface area contributed by atoms with Gasteiger partial charge in [-0.05, 0) is 25.3 Å². The number of benzene rings is 1. The van der Waals surface area contributed by atoms with Crippen LogP contribution in [0.4, 0.5) is 21.5 Å². The number of amides is 1. The second kappa shape index (κ2) is 9.21. The van der Waals surface area contributed by atoms with Crippen molar-refractivity contribution in [1.82, 2.24) is 4.90 Å². The monoisotopic (exact) mass is 392 g/mol. The van der Waals surface area contributed by atoms with E-state index < -0.39 is 10.7 Å². The summed E-state index contributed by atoms with van der Waals surface area (Å²) in [5.41, 5.74) is 0.699. The summed E-state index contributed by atoms with van der Waals surface area (Å²) in [6.07, 6.45) is 5.60. The maximum absolute atomic E-state index is 14.7. The fourth-order valence-electron chi connectivity index (χ4n) is 4.06. The summed E-state index contributed by atoms with van der Waals surface area (Å²) in [5, 5.41) is 11.6. The van der Waals surface area contributed by atoms with Gasteiger partial charge in [-0.25, -0.2) is 4.39 Å². The number of nitro benzene ring substituents is 1. The van der Waals surface area contributed by atoms with Crippen molar-refractivity contribution in [3.05, 3.63) is 28.1 Å². The van der Waals surface area contributed by atoms with Gasteiger partial charge in [0.2, 0.25) is 5.91 Å². The van der Waals surface area contributed by atoms with Crippen molar-refractivity contribution in [2.45, 2.75) is 45.4 Å². The van der Waals surface area contributed by atoms with E-state index in [1.165, 1.54) is 0 Å². The smallest absolute Gasteiger partial charge is 0.295 e. The van der Waals surface area contributed by atoms with E-state index in [2.05, 4.69) is 0 Å². The third kappa shape index (κ3) is 4.54. The summed E-state index contributed by atoms with van der Waals surface area (Å²) in [7, 11) is 0. The Hall–Kier alpha value is -2.38. The van der Waals surface area contributed by atoms with E-state index in [1.807, 2.05) is 21.6 Å². The van der Waals surface area contributed by atoms with Crippen LogP contribution in [-0.2, 0) is 4.79 Å². The second-order valence-corrected chi connectivity index (χ2v) is 7.57. The molecule has 2 aliphatic rings. The first-order valence-electron chi connectivity index (χ1n) is 10.3. The number of halogens is 1. The molecule has 0 bridgehead atoms. The van der Waals surface area contributed by atoms with Crippen molar-refractivity contribution in [2.24, 2.45) is 0 Å². The highest BCUT2D eigenvalue weighted by Crippen LogP contribution is 2.36. The van der Waals surface area contributed by atoms with Gasteiger partial charge in [0.1, 0.15) is 5.69 Å². The Labute approximate surface area is 165 Å². The highest BCUT2D eigenvalue weighted by molar-refractivity contribution is 5.77. The Bertz CT molecular complexity index is 712. The van der Waals surface area contributed by atoms with Gasteiger partial charge in [-0.15, -0.1) is 0 Å². The number of carbonyl (C=O) groups is 1. The fraction of sp³-hybridized carbons (Fsp3) is 0.650. The number of hydrogen-bond donors (Lipinski definition) is 0. The van der Waals surface area contributed by atoms with E-state index >= 15 is 0 Å². The molecule has 154 valence electrons. The van der Waals surface area contributed by atoms with Gasteiger partial charge in [-0.2, -0.15) is 0 Å². The second-order valence-electron chi connectivity index (χ2n) is 7.57. The van der Waals surface area contributed by atoms with Crippen LogP contribution in [0.3, 0.4) is 0 Å². The molecule has 2 heterocycles. The molecular formula is C20H29FN4O3. The van der Waals surface area contributed by atoms with Gasteiger partial charge in [0.25, 0.3) is 5.69 Å².